The minimum atomic E-state index is -0.183. The topological polar surface area (TPSA) is 38.5 Å². The molecule has 0 bridgehead atoms. The molecule has 120 valence electrons. The van der Waals surface area contributed by atoms with Crippen LogP contribution in [0.2, 0.25) is 0 Å². The summed E-state index contributed by atoms with van der Waals surface area (Å²) in [6.45, 7) is 7.71. The highest BCUT2D eigenvalue weighted by molar-refractivity contribution is 5.23. The van der Waals surface area contributed by atoms with Crippen LogP contribution in [0.5, 0.6) is 0 Å². The van der Waals surface area contributed by atoms with Crippen LogP contribution >= 0.6 is 0 Å². The molecule has 0 amide bonds. The smallest absolute Gasteiger partial charge is 0.128 e. The Hall–Kier alpha value is -0.970. The van der Waals surface area contributed by atoms with Crippen molar-refractivity contribution in [2.24, 2.45) is 5.73 Å². The zero-order valence-corrected chi connectivity index (χ0v) is 13.7. The van der Waals surface area contributed by atoms with Crippen molar-refractivity contribution in [2.45, 2.75) is 51.7 Å². The number of benzene rings is 1. The molecule has 1 rings (SSSR count). The Morgan fingerprint density at radius 2 is 1.90 bits per heavy atom. The number of nitrogens with zero attached hydrogens (tertiary/aromatic N) is 1. The molecule has 0 saturated heterocycles. The number of hydrogen-bond acceptors (Lipinski definition) is 3. The fourth-order valence-electron chi connectivity index (χ4n) is 2.66. The summed E-state index contributed by atoms with van der Waals surface area (Å²) in [6.07, 6.45) is 1.80. The van der Waals surface area contributed by atoms with E-state index in [1.807, 2.05) is 19.1 Å². The first-order valence-electron chi connectivity index (χ1n) is 7.81. The molecule has 0 spiro atoms. The van der Waals surface area contributed by atoms with E-state index in [2.05, 4.69) is 18.7 Å². The Kier molecular flexibility index (Phi) is 7.86. The molecule has 1 aromatic carbocycles. The average Bonchev–Trinajstić information content (AvgIpc) is 2.51. The van der Waals surface area contributed by atoms with E-state index in [9.17, 15) is 4.39 Å². The molecule has 0 fully saturated rings. The maximum absolute atomic E-state index is 14.3. The molecule has 0 aliphatic heterocycles. The summed E-state index contributed by atoms with van der Waals surface area (Å²) >= 11 is 0. The van der Waals surface area contributed by atoms with Crippen LogP contribution in [-0.2, 0) is 4.74 Å². The van der Waals surface area contributed by atoms with E-state index in [1.54, 1.807) is 13.2 Å². The first kappa shape index (κ1) is 18.1. The van der Waals surface area contributed by atoms with E-state index in [4.69, 9.17) is 10.5 Å². The van der Waals surface area contributed by atoms with Gasteiger partial charge in [-0.15, -0.1) is 0 Å². The minimum absolute atomic E-state index is 0.104. The van der Waals surface area contributed by atoms with Crippen molar-refractivity contribution >= 4 is 0 Å². The maximum atomic E-state index is 14.3. The predicted molar refractivity (Wildman–Crippen MR) is 85.7 cm³/mol. The van der Waals surface area contributed by atoms with E-state index in [0.717, 1.165) is 19.4 Å². The Bertz CT molecular complexity index is 414. The van der Waals surface area contributed by atoms with Gasteiger partial charge in [0.25, 0.3) is 0 Å². The quantitative estimate of drug-likeness (QED) is 0.759. The number of ether oxygens (including phenoxy) is 1. The first-order valence-corrected chi connectivity index (χ1v) is 7.81. The summed E-state index contributed by atoms with van der Waals surface area (Å²) in [5, 5.41) is 0. The molecule has 1 aromatic rings. The van der Waals surface area contributed by atoms with Crippen LogP contribution < -0.4 is 5.73 Å². The molecule has 0 heterocycles. The zero-order chi connectivity index (χ0) is 15.8. The molecular formula is C17H29FN2O. The van der Waals surface area contributed by atoms with Crippen LogP contribution in [0, 0.1) is 5.82 Å². The van der Waals surface area contributed by atoms with Gasteiger partial charge in [0.15, 0.2) is 0 Å². The van der Waals surface area contributed by atoms with Gasteiger partial charge in [0.2, 0.25) is 0 Å². The van der Waals surface area contributed by atoms with Crippen molar-refractivity contribution < 1.29 is 9.13 Å². The highest BCUT2D eigenvalue weighted by atomic mass is 19.1. The van der Waals surface area contributed by atoms with Gasteiger partial charge in [-0.1, -0.05) is 32.0 Å². The van der Waals surface area contributed by atoms with E-state index >= 15 is 0 Å². The number of nitrogens with two attached hydrogens (primary N) is 1. The Morgan fingerprint density at radius 3 is 2.43 bits per heavy atom. The van der Waals surface area contributed by atoms with Crippen molar-refractivity contribution in [1.82, 2.24) is 4.90 Å². The van der Waals surface area contributed by atoms with E-state index in [1.165, 1.54) is 6.07 Å². The van der Waals surface area contributed by atoms with Gasteiger partial charge in [-0.05, 0) is 25.8 Å². The van der Waals surface area contributed by atoms with E-state index < -0.39 is 0 Å². The molecule has 0 saturated carbocycles. The van der Waals surface area contributed by atoms with Crippen LogP contribution in [0.3, 0.4) is 0 Å². The molecule has 3 unspecified atom stereocenters. The normalized spacial score (nSPS) is 16.0. The summed E-state index contributed by atoms with van der Waals surface area (Å²) in [7, 11) is 1.69. The molecule has 4 heteroatoms. The minimum Gasteiger partial charge on any atom is -0.383 e. The third-order valence-corrected chi connectivity index (χ3v) is 4.17. The van der Waals surface area contributed by atoms with Crippen molar-refractivity contribution in [2.75, 3.05) is 20.3 Å². The fraction of sp³-hybridized carbons (Fsp3) is 0.647. The highest BCUT2D eigenvalue weighted by Crippen LogP contribution is 2.29. The monoisotopic (exact) mass is 296 g/mol. The molecule has 3 atom stereocenters. The van der Waals surface area contributed by atoms with Crippen molar-refractivity contribution in [3.05, 3.63) is 35.6 Å². The van der Waals surface area contributed by atoms with Crippen LogP contribution in [-0.4, -0.2) is 37.2 Å². The summed E-state index contributed by atoms with van der Waals surface area (Å²) in [4.78, 5) is 2.27. The van der Waals surface area contributed by atoms with Crippen LogP contribution in [0.25, 0.3) is 0 Å². The predicted octanol–water partition coefficient (Wildman–Crippen LogP) is 3.35. The number of halogens is 1. The second-order valence-electron chi connectivity index (χ2n) is 5.53. The largest absolute Gasteiger partial charge is 0.383 e. The standard InChI is InChI=1S/C17H29FN2O/c1-5-13(3)20(11-12-21-4)17(16(19)6-2)14-9-7-8-10-15(14)18/h7-10,13,16-17H,5-6,11-12,19H2,1-4H3. The molecular weight excluding hydrogens is 267 g/mol. The van der Waals surface area contributed by atoms with Crippen LogP contribution in [0.4, 0.5) is 4.39 Å². The average molecular weight is 296 g/mol. The Morgan fingerprint density at radius 1 is 1.24 bits per heavy atom. The Balaban J connectivity index is 3.16. The van der Waals surface area contributed by atoms with E-state index in [-0.39, 0.29) is 17.9 Å². The van der Waals surface area contributed by atoms with Gasteiger partial charge in [-0.2, -0.15) is 0 Å². The maximum Gasteiger partial charge on any atom is 0.128 e. The van der Waals surface area contributed by atoms with Gasteiger partial charge in [0, 0.05) is 31.3 Å². The molecule has 0 aliphatic rings. The zero-order valence-electron chi connectivity index (χ0n) is 13.7. The third kappa shape index (κ3) is 4.77. The van der Waals surface area contributed by atoms with E-state index in [0.29, 0.717) is 18.2 Å². The summed E-state index contributed by atoms with van der Waals surface area (Å²) in [6, 6.07) is 7.04. The lowest BCUT2D eigenvalue weighted by molar-refractivity contribution is 0.0739. The van der Waals surface area contributed by atoms with Crippen molar-refractivity contribution in [3.8, 4) is 0 Å². The van der Waals surface area contributed by atoms with Gasteiger partial charge in [-0.3, -0.25) is 4.90 Å². The summed E-state index contributed by atoms with van der Waals surface area (Å²) < 4.78 is 19.5. The number of rotatable bonds is 9. The molecule has 0 aromatic heterocycles. The SMILES string of the molecule is CCC(N)C(c1ccccc1F)N(CCOC)C(C)CC. The highest BCUT2D eigenvalue weighted by Gasteiger charge is 2.30. The van der Waals surface area contributed by atoms with Gasteiger partial charge in [-0.25, -0.2) is 4.39 Å². The second-order valence-corrected chi connectivity index (χ2v) is 5.53. The summed E-state index contributed by atoms with van der Waals surface area (Å²) in [5.74, 6) is -0.183. The molecule has 21 heavy (non-hydrogen) atoms. The number of hydrogen-bond donors (Lipinski definition) is 1. The summed E-state index contributed by atoms with van der Waals surface area (Å²) in [5.41, 5.74) is 7.02. The van der Waals surface area contributed by atoms with Gasteiger partial charge in [0.05, 0.1) is 12.6 Å². The van der Waals surface area contributed by atoms with Crippen LogP contribution in [0.1, 0.15) is 45.2 Å². The molecule has 2 N–H and O–H groups in total. The fourth-order valence-corrected chi connectivity index (χ4v) is 2.66. The van der Waals surface area contributed by atoms with Crippen molar-refractivity contribution in [3.63, 3.8) is 0 Å². The lowest BCUT2D eigenvalue weighted by atomic mass is 9.94. The first-order chi connectivity index (χ1) is 10.1. The van der Waals surface area contributed by atoms with Gasteiger partial charge >= 0.3 is 0 Å². The second kappa shape index (κ2) is 9.13. The number of methoxy groups -OCH3 is 1. The van der Waals surface area contributed by atoms with Crippen molar-refractivity contribution in [1.29, 1.82) is 0 Å². The van der Waals surface area contributed by atoms with Crippen LogP contribution in [0.15, 0.2) is 24.3 Å². The Labute approximate surface area is 128 Å². The van der Waals surface area contributed by atoms with Gasteiger partial charge < -0.3 is 10.5 Å². The van der Waals surface area contributed by atoms with Gasteiger partial charge in [0.1, 0.15) is 5.82 Å². The molecule has 0 aliphatic carbocycles. The third-order valence-electron chi connectivity index (χ3n) is 4.17. The lowest BCUT2D eigenvalue weighted by Crippen LogP contribution is -2.46. The lowest BCUT2D eigenvalue weighted by Gasteiger charge is -2.39. The molecule has 3 nitrogen and oxygen atoms in total. The molecule has 0 radical (unpaired) electrons.